The Balaban J connectivity index is 1.55. The van der Waals surface area contributed by atoms with Crippen molar-refractivity contribution in [1.29, 1.82) is 0 Å². The second-order valence-electron chi connectivity index (χ2n) is 10.9. The van der Waals surface area contributed by atoms with Gasteiger partial charge in [0.15, 0.2) is 0 Å². The highest BCUT2D eigenvalue weighted by Gasteiger charge is 2.80. The van der Waals surface area contributed by atoms with Crippen molar-refractivity contribution in [3.63, 3.8) is 0 Å². The molecular weight excluding hydrogens is 466 g/mol. The number of rotatable bonds is 12. The zero-order chi connectivity index (χ0) is 25.9. The van der Waals surface area contributed by atoms with E-state index in [1.807, 2.05) is 13.8 Å². The summed E-state index contributed by atoms with van der Waals surface area (Å²) in [7, 11) is 0. The number of fused-ring (bicyclic) bond motifs is 1. The Kier molecular flexibility index (Phi) is 8.59. The highest BCUT2D eigenvalue weighted by atomic mass is 16.6. The van der Waals surface area contributed by atoms with Crippen LogP contribution in [0, 0.1) is 17.8 Å². The maximum absolute atomic E-state index is 13.9. The molecule has 4 fully saturated rings. The Hall–Kier alpha value is -1.75. The molecule has 3 unspecified atom stereocenters. The van der Waals surface area contributed by atoms with E-state index in [1.54, 1.807) is 11.8 Å². The molecule has 4 aliphatic rings. The summed E-state index contributed by atoms with van der Waals surface area (Å²) in [6.45, 7) is 10.7. The first-order valence-electron chi connectivity index (χ1n) is 13.7. The fourth-order valence-corrected chi connectivity index (χ4v) is 6.88. The summed E-state index contributed by atoms with van der Waals surface area (Å²) in [5.41, 5.74) is -1.87. The summed E-state index contributed by atoms with van der Waals surface area (Å²) >= 11 is 0. The fraction of sp³-hybridized carbons (Fsp3) is 0.885. The Morgan fingerprint density at radius 3 is 2.58 bits per heavy atom. The Morgan fingerprint density at radius 1 is 1.17 bits per heavy atom. The molecule has 0 saturated carbocycles. The first kappa shape index (κ1) is 27.3. The van der Waals surface area contributed by atoms with Crippen LogP contribution >= 0.6 is 0 Å². The molecule has 2 bridgehead atoms. The number of carbonyl (C=O) groups excluding carboxylic acids is 3. The van der Waals surface area contributed by atoms with Crippen LogP contribution in [0.5, 0.6) is 0 Å². The molecule has 4 saturated heterocycles. The van der Waals surface area contributed by atoms with Crippen molar-refractivity contribution >= 4 is 17.8 Å². The van der Waals surface area contributed by atoms with Crippen LogP contribution in [0.2, 0.25) is 0 Å². The standard InChI is InChI=1S/C26H43N3O7/c1-4-35-24(33)20-19-23(32)29(10-7-5-6-8-14-30)21(26(19)17-18(2)25(20,3)36-26)22(31)27-9-11-28-12-15-34-16-13-28/h18-21,30H,4-17H2,1-3H3,(H,27,31)/t18?,19-,20-,21?,25+,26?/m0/s1. The summed E-state index contributed by atoms with van der Waals surface area (Å²) in [6, 6.07) is -0.777. The predicted molar refractivity (Wildman–Crippen MR) is 131 cm³/mol. The summed E-state index contributed by atoms with van der Waals surface area (Å²) in [6.07, 6.45) is 3.71. The summed E-state index contributed by atoms with van der Waals surface area (Å²) < 4.78 is 17.5. The molecule has 2 amide bonds. The van der Waals surface area contributed by atoms with E-state index in [-0.39, 0.29) is 30.9 Å². The number of hydrogen-bond acceptors (Lipinski definition) is 8. The number of nitrogens with one attached hydrogen (secondary N) is 1. The van der Waals surface area contributed by atoms with Gasteiger partial charge in [0.05, 0.1) is 31.3 Å². The smallest absolute Gasteiger partial charge is 0.312 e. The molecule has 204 valence electrons. The SMILES string of the molecule is CCOC(=O)[C@@H]1[C@H]2C(=O)N(CCCCCCO)C(C(=O)NCCN3CCOCC3)C23CC(C)[C@@]1(C)O3. The van der Waals surface area contributed by atoms with Crippen LogP contribution in [-0.4, -0.2) is 109 Å². The molecule has 2 N–H and O–H groups in total. The Bertz CT molecular complexity index is 819. The van der Waals surface area contributed by atoms with Crippen LogP contribution in [0.15, 0.2) is 0 Å². The first-order valence-corrected chi connectivity index (χ1v) is 13.7. The van der Waals surface area contributed by atoms with Crippen molar-refractivity contribution < 1.29 is 33.7 Å². The van der Waals surface area contributed by atoms with Gasteiger partial charge in [-0.05, 0) is 39.0 Å². The van der Waals surface area contributed by atoms with Gasteiger partial charge in [0.2, 0.25) is 11.8 Å². The number of hydrogen-bond donors (Lipinski definition) is 2. The van der Waals surface area contributed by atoms with Crippen molar-refractivity contribution in [2.24, 2.45) is 17.8 Å². The van der Waals surface area contributed by atoms with E-state index >= 15 is 0 Å². The highest BCUT2D eigenvalue weighted by molar-refractivity contribution is 5.98. The van der Waals surface area contributed by atoms with Gasteiger partial charge >= 0.3 is 5.97 Å². The normalized spacial score (nSPS) is 35.8. The van der Waals surface area contributed by atoms with E-state index in [0.29, 0.717) is 39.3 Å². The maximum atomic E-state index is 13.9. The van der Waals surface area contributed by atoms with Crippen LogP contribution < -0.4 is 5.32 Å². The second kappa shape index (κ2) is 11.3. The van der Waals surface area contributed by atoms with Gasteiger partial charge in [-0.2, -0.15) is 0 Å². The number of esters is 1. The van der Waals surface area contributed by atoms with Gasteiger partial charge < -0.3 is 29.5 Å². The average Bonchev–Trinajstić information content (AvgIpc) is 3.36. The average molecular weight is 510 g/mol. The first-order chi connectivity index (χ1) is 17.3. The fourth-order valence-electron chi connectivity index (χ4n) is 6.88. The molecule has 4 rings (SSSR count). The van der Waals surface area contributed by atoms with Gasteiger partial charge in [0.1, 0.15) is 17.6 Å². The predicted octanol–water partition coefficient (Wildman–Crippen LogP) is 0.561. The third-order valence-electron chi connectivity index (χ3n) is 8.74. The maximum Gasteiger partial charge on any atom is 0.312 e. The highest BCUT2D eigenvalue weighted by Crippen LogP contribution is 2.65. The molecule has 10 nitrogen and oxygen atoms in total. The number of aliphatic hydroxyl groups is 1. The number of nitrogens with zero attached hydrogens (tertiary/aromatic N) is 2. The van der Waals surface area contributed by atoms with E-state index < -0.39 is 35.0 Å². The van der Waals surface area contributed by atoms with Gasteiger partial charge in [-0.15, -0.1) is 0 Å². The number of unbranched alkanes of at least 4 members (excludes halogenated alkanes) is 3. The molecular formula is C26H43N3O7. The Labute approximate surface area is 214 Å². The van der Waals surface area contributed by atoms with Crippen LogP contribution in [-0.2, 0) is 28.6 Å². The van der Waals surface area contributed by atoms with E-state index in [9.17, 15) is 14.4 Å². The molecule has 0 radical (unpaired) electrons. The minimum atomic E-state index is -1.03. The number of ether oxygens (including phenoxy) is 3. The topological polar surface area (TPSA) is 118 Å². The van der Waals surface area contributed by atoms with E-state index in [1.165, 1.54) is 0 Å². The number of amides is 2. The van der Waals surface area contributed by atoms with Crippen LogP contribution in [0.4, 0.5) is 0 Å². The molecule has 4 aliphatic heterocycles. The lowest BCUT2D eigenvalue weighted by Gasteiger charge is -2.35. The van der Waals surface area contributed by atoms with Crippen molar-refractivity contribution in [3.8, 4) is 0 Å². The molecule has 1 spiro atoms. The van der Waals surface area contributed by atoms with Gasteiger partial charge in [0, 0.05) is 39.3 Å². The summed E-state index contributed by atoms with van der Waals surface area (Å²) in [5.74, 6) is -2.25. The molecule has 10 heteroatoms. The second-order valence-corrected chi connectivity index (χ2v) is 10.9. The number of likely N-dealkylation sites (tertiary alicyclic amines) is 1. The lowest BCUT2D eigenvalue weighted by atomic mass is 9.62. The van der Waals surface area contributed by atoms with Crippen molar-refractivity contribution in [3.05, 3.63) is 0 Å². The molecule has 0 aromatic carbocycles. The van der Waals surface area contributed by atoms with Crippen LogP contribution in [0.1, 0.15) is 52.9 Å². The summed E-state index contributed by atoms with van der Waals surface area (Å²) in [5, 5.41) is 12.2. The number of carbonyl (C=O) groups is 3. The number of morpholine rings is 1. The van der Waals surface area contributed by atoms with Crippen molar-refractivity contribution in [1.82, 2.24) is 15.1 Å². The molecule has 0 aromatic heterocycles. The monoisotopic (exact) mass is 509 g/mol. The zero-order valence-electron chi connectivity index (χ0n) is 22.0. The van der Waals surface area contributed by atoms with Crippen molar-refractivity contribution in [2.45, 2.75) is 70.1 Å². The van der Waals surface area contributed by atoms with Gasteiger partial charge in [-0.1, -0.05) is 19.8 Å². The minimum absolute atomic E-state index is 0.00381. The molecule has 0 aliphatic carbocycles. The molecule has 0 aromatic rings. The van der Waals surface area contributed by atoms with Crippen molar-refractivity contribution in [2.75, 3.05) is 59.2 Å². The molecule has 4 heterocycles. The van der Waals surface area contributed by atoms with Gasteiger partial charge in [0.25, 0.3) is 0 Å². The third-order valence-corrected chi connectivity index (χ3v) is 8.74. The van der Waals surface area contributed by atoms with Crippen LogP contribution in [0.3, 0.4) is 0 Å². The van der Waals surface area contributed by atoms with E-state index in [0.717, 1.165) is 38.8 Å². The van der Waals surface area contributed by atoms with E-state index in [4.69, 9.17) is 19.3 Å². The van der Waals surface area contributed by atoms with E-state index in [2.05, 4.69) is 10.2 Å². The minimum Gasteiger partial charge on any atom is -0.466 e. The Morgan fingerprint density at radius 2 is 1.89 bits per heavy atom. The molecule has 6 atom stereocenters. The zero-order valence-corrected chi connectivity index (χ0v) is 22.0. The van der Waals surface area contributed by atoms with Gasteiger partial charge in [-0.3, -0.25) is 19.3 Å². The van der Waals surface area contributed by atoms with Gasteiger partial charge in [-0.25, -0.2) is 0 Å². The third kappa shape index (κ3) is 4.77. The lowest BCUT2D eigenvalue weighted by Crippen LogP contribution is -2.56. The summed E-state index contributed by atoms with van der Waals surface area (Å²) in [4.78, 5) is 44.7. The largest absolute Gasteiger partial charge is 0.466 e. The number of aliphatic hydroxyl groups excluding tert-OH is 1. The lowest BCUT2D eigenvalue weighted by molar-refractivity contribution is -0.161. The quantitative estimate of drug-likeness (QED) is 0.290. The van der Waals surface area contributed by atoms with Crippen LogP contribution in [0.25, 0.3) is 0 Å². The molecule has 36 heavy (non-hydrogen) atoms.